The largest absolute Gasteiger partial charge is 0.315 e. The lowest BCUT2D eigenvalue weighted by Crippen LogP contribution is -2.17. The van der Waals surface area contributed by atoms with Gasteiger partial charge in [0.1, 0.15) is 11.6 Å². The van der Waals surface area contributed by atoms with Crippen molar-refractivity contribution in [2.75, 3.05) is 0 Å². The molecule has 82 valence electrons. The summed E-state index contributed by atoms with van der Waals surface area (Å²) >= 11 is 0. The Hall–Kier alpha value is -0.860. The molecule has 1 atom stereocenters. The zero-order valence-electron chi connectivity index (χ0n) is 9.45. The fourth-order valence-electron chi connectivity index (χ4n) is 3.09. The first-order valence-electron chi connectivity index (χ1n) is 6.29. The van der Waals surface area contributed by atoms with Gasteiger partial charge in [-0.3, -0.25) is 0 Å². The van der Waals surface area contributed by atoms with Crippen LogP contribution in [0.3, 0.4) is 0 Å². The third kappa shape index (κ3) is 1.48. The zero-order valence-corrected chi connectivity index (χ0v) is 9.45. The first-order chi connectivity index (χ1) is 7.36. The van der Waals surface area contributed by atoms with Gasteiger partial charge in [-0.2, -0.15) is 0 Å². The fraction of sp³-hybridized carbons (Fsp3) is 0.833. The van der Waals surface area contributed by atoms with Crippen LogP contribution in [-0.4, -0.2) is 14.8 Å². The van der Waals surface area contributed by atoms with E-state index in [1.807, 2.05) is 0 Å². The number of nitrogens with zero attached hydrogens (tertiary/aromatic N) is 3. The van der Waals surface area contributed by atoms with Gasteiger partial charge < -0.3 is 4.57 Å². The molecule has 15 heavy (non-hydrogen) atoms. The predicted molar refractivity (Wildman–Crippen MR) is 58.9 cm³/mol. The molecule has 2 heterocycles. The summed E-state index contributed by atoms with van der Waals surface area (Å²) in [6.07, 6.45) is 7.98. The number of fused-ring (bicyclic) bond motifs is 1. The van der Waals surface area contributed by atoms with E-state index in [4.69, 9.17) is 0 Å². The van der Waals surface area contributed by atoms with E-state index in [-0.39, 0.29) is 0 Å². The molecule has 1 aromatic rings. The molecule has 3 heteroatoms. The lowest BCUT2D eigenvalue weighted by atomic mass is 10.00. The number of rotatable bonds is 1. The Kier molecular flexibility index (Phi) is 2.26. The number of aromatic nitrogens is 3. The average molecular weight is 205 g/mol. The summed E-state index contributed by atoms with van der Waals surface area (Å²) in [5.41, 5.74) is 0. The van der Waals surface area contributed by atoms with Crippen molar-refractivity contribution < 1.29 is 0 Å². The molecule has 2 aliphatic rings. The van der Waals surface area contributed by atoms with Gasteiger partial charge in [0.2, 0.25) is 0 Å². The molecule has 0 amide bonds. The van der Waals surface area contributed by atoms with Gasteiger partial charge >= 0.3 is 0 Å². The maximum absolute atomic E-state index is 4.44. The molecule has 1 fully saturated rings. The van der Waals surface area contributed by atoms with E-state index >= 15 is 0 Å². The van der Waals surface area contributed by atoms with E-state index in [0.717, 1.165) is 6.54 Å². The van der Waals surface area contributed by atoms with Crippen molar-refractivity contribution >= 4 is 0 Å². The van der Waals surface area contributed by atoms with Crippen LogP contribution in [0.2, 0.25) is 0 Å². The second-order valence-corrected chi connectivity index (χ2v) is 5.09. The van der Waals surface area contributed by atoms with Crippen LogP contribution in [-0.2, 0) is 6.54 Å². The summed E-state index contributed by atoms with van der Waals surface area (Å²) < 4.78 is 2.41. The van der Waals surface area contributed by atoms with Crippen LogP contribution in [0, 0.1) is 0 Å². The Balaban J connectivity index is 1.95. The summed E-state index contributed by atoms with van der Waals surface area (Å²) in [5, 5.41) is 8.84. The monoisotopic (exact) mass is 205 g/mol. The van der Waals surface area contributed by atoms with Gasteiger partial charge in [-0.15, -0.1) is 10.2 Å². The maximum atomic E-state index is 4.44. The van der Waals surface area contributed by atoms with Gasteiger partial charge in [-0.25, -0.2) is 0 Å². The molecule has 0 saturated heterocycles. The number of hydrogen-bond acceptors (Lipinski definition) is 2. The highest BCUT2D eigenvalue weighted by Gasteiger charge is 2.27. The topological polar surface area (TPSA) is 30.7 Å². The summed E-state index contributed by atoms with van der Waals surface area (Å²) in [6, 6.07) is 0. The molecular weight excluding hydrogens is 186 g/mol. The SMILES string of the molecule is CC1CCCn2c1nnc2C1CCCC1. The van der Waals surface area contributed by atoms with Crippen LogP contribution in [0.4, 0.5) is 0 Å². The van der Waals surface area contributed by atoms with Gasteiger partial charge in [0, 0.05) is 18.4 Å². The van der Waals surface area contributed by atoms with Gasteiger partial charge in [0.25, 0.3) is 0 Å². The van der Waals surface area contributed by atoms with Crippen molar-refractivity contribution in [3.8, 4) is 0 Å². The Morgan fingerprint density at radius 2 is 1.73 bits per heavy atom. The van der Waals surface area contributed by atoms with E-state index in [1.54, 1.807) is 0 Å². The smallest absolute Gasteiger partial charge is 0.136 e. The minimum absolute atomic E-state index is 0.612. The molecule has 0 aromatic carbocycles. The third-order valence-electron chi connectivity index (χ3n) is 3.99. The van der Waals surface area contributed by atoms with Crippen molar-refractivity contribution in [3.05, 3.63) is 11.6 Å². The minimum Gasteiger partial charge on any atom is -0.315 e. The molecule has 3 rings (SSSR count). The highest BCUT2D eigenvalue weighted by Crippen LogP contribution is 2.35. The standard InChI is InChI=1S/C12H19N3/c1-9-5-4-8-15-11(9)13-14-12(15)10-6-2-3-7-10/h9-10H,2-8H2,1H3. The fourth-order valence-corrected chi connectivity index (χ4v) is 3.09. The quantitative estimate of drug-likeness (QED) is 0.705. The molecule has 3 nitrogen and oxygen atoms in total. The average Bonchev–Trinajstić information content (AvgIpc) is 2.85. The minimum atomic E-state index is 0.612. The summed E-state index contributed by atoms with van der Waals surface area (Å²) in [5.74, 6) is 3.84. The van der Waals surface area contributed by atoms with Gasteiger partial charge in [-0.05, 0) is 25.7 Å². The van der Waals surface area contributed by atoms with E-state index < -0.39 is 0 Å². The Morgan fingerprint density at radius 1 is 1.00 bits per heavy atom. The van der Waals surface area contributed by atoms with E-state index in [9.17, 15) is 0 Å². The zero-order chi connectivity index (χ0) is 10.3. The lowest BCUT2D eigenvalue weighted by molar-refractivity contribution is 0.444. The predicted octanol–water partition coefficient (Wildman–Crippen LogP) is 2.83. The van der Waals surface area contributed by atoms with Crippen LogP contribution >= 0.6 is 0 Å². The summed E-state index contributed by atoms with van der Waals surface area (Å²) in [4.78, 5) is 0. The molecule has 1 saturated carbocycles. The van der Waals surface area contributed by atoms with Crippen molar-refractivity contribution in [1.82, 2.24) is 14.8 Å². The molecule has 0 radical (unpaired) electrons. The maximum Gasteiger partial charge on any atom is 0.136 e. The Morgan fingerprint density at radius 3 is 2.53 bits per heavy atom. The Bertz CT molecular complexity index is 350. The molecule has 1 aliphatic carbocycles. The van der Waals surface area contributed by atoms with Gasteiger partial charge in [0.05, 0.1) is 0 Å². The second-order valence-electron chi connectivity index (χ2n) is 5.09. The molecule has 1 aliphatic heterocycles. The van der Waals surface area contributed by atoms with Crippen LogP contribution in [0.15, 0.2) is 0 Å². The lowest BCUT2D eigenvalue weighted by Gasteiger charge is -2.21. The van der Waals surface area contributed by atoms with Crippen molar-refractivity contribution in [3.63, 3.8) is 0 Å². The summed E-state index contributed by atoms with van der Waals surface area (Å²) in [7, 11) is 0. The molecule has 0 bridgehead atoms. The van der Waals surface area contributed by atoms with Gasteiger partial charge in [0.15, 0.2) is 0 Å². The molecular formula is C12H19N3. The number of hydrogen-bond donors (Lipinski definition) is 0. The molecule has 1 aromatic heterocycles. The third-order valence-corrected chi connectivity index (χ3v) is 3.99. The molecule has 0 spiro atoms. The van der Waals surface area contributed by atoms with Gasteiger partial charge in [-0.1, -0.05) is 19.8 Å². The van der Waals surface area contributed by atoms with Crippen LogP contribution in [0.25, 0.3) is 0 Å². The summed E-state index contributed by atoms with van der Waals surface area (Å²) in [6.45, 7) is 3.43. The van der Waals surface area contributed by atoms with Crippen molar-refractivity contribution in [2.45, 2.75) is 63.8 Å². The Labute approximate surface area is 90.9 Å². The van der Waals surface area contributed by atoms with Crippen molar-refractivity contribution in [1.29, 1.82) is 0 Å². The molecule has 1 unspecified atom stereocenters. The first-order valence-corrected chi connectivity index (χ1v) is 6.29. The van der Waals surface area contributed by atoms with E-state index in [0.29, 0.717) is 11.8 Å². The molecule has 0 N–H and O–H groups in total. The van der Waals surface area contributed by atoms with E-state index in [1.165, 1.54) is 50.2 Å². The normalized spacial score (nSPS) is 26.9. The highest BCUT2D eigenvalue weighted by atomic mass is 15.3. The van der Waals surface area contributed by atoms with Crippen LogP contribution < -0.4 is 0 Å². The van der Waals surface area contributed by atoms with E-state index in [2.05, 4.69) is 21.7 Å². The second kappa shape index (κ2) is 3.62. The van der Waals surface area contributed by atoms with Crippen LogP contribution in [0.1, 0.15) is 68.9 Å². The van der Waals surface area contributed by atoms with Crippen molar-refractivity contribution in [2.24, 2.45) is 0 Å². The van der Waals surface area contributed by atoms with Crippen LogP contribution in [0.5, 0.6) is 0 Å². The first kappa shape index (κ1) is 9.37. The highest BCUT2D eigenvalue weighted by molar-refractivity contribution is 5.08.